The Morgan fingerprint density at radius 3 is 2.20 bits per heavy atom. The first kappa shape index (κ1) is 37.1. The second kappa shape index (κ2) is 13.1. The minimum atomic E-state index is -0.429. The summed E-state index contributed by atoms with van der Waals surface area (Å²) in [5, 5.41) is 0. The van der Waals surface area contributed by atoms with Crippen molar-refractivity contribution >= 4 is 11.9 Å². The number of hydrogen-bond donors (Lipinski definition) is 0. The monoisotopic (exact) mass is 701 g/mol. The first-order chi connectivity index (χ1) is 23.1. The Morgan fingerprint density at radius 1 is 0.800 bits per heavy atom. The molecule has 0 aliphatic heterocycles. The average molecular weight is 702 g/mol. The van der Waals surface area contributed by atoms with Crippen molar-refractivity contribution in [1.29, 1.82) is 0 Å². The largest absolute Gasteiger partial charge is 1.00 e. The van der Waals surface area contributed by atoms with E-state index in [-0.39, 0.29) is 70.0 Å². The fraction of sp³-hybridized carbons (Fsp3) is 0.659. The highest BCUT2D eigenvalue weighted by atomic mass is 35.5. The van der Waals surface area contributed by atoms with E-state index in [0.717, 1.165) is 63.4 Å². The van der Waals surface area contributed by atoms with E-state index < -0.39 is 5.41 Å². The number of allylic oxidation sites excluding steroid dienone is 2. The molecule has 0 unspecified atom stereocenters. The zero-order valence-corrected chi connectivity index (χ0v) is 32.4. The van der Waals surface area contributed by atoms with E-state index in [9.17, 15) is 9.59 Å². The zero-order chi connectivity index (χ0) is 34.9. The Kier molecular flexibility index (Phi) is 9.71. The van der Waals surface area contributed by atoms with Crippen LogP contribution in [0.3, 0.4) is 0 Å². The molecule has 0 saturated heterocycles. The summed E-state index contributed by atoms with van der Waals surface area (Å²) in [6.07, 6.45) is 16.8. The minimum absolute atomic E-state index is 0. The standard InChI is InChI=1S/C44H60NO4.ClH/c1-39(2)22-24-44(38(47)48-30-31-14-10-8-11-15-31)25-23-42(6)32(33(44)28-39)16-17-35-41(5)20-19-36(40(3,4)34(41)18-21-43(35,42)7)49-37(46)29-45-26-12-9-13-27-45;/h8-16,26-27,33-36H,17-25,28-30H2,1-7H3;1H/q+1;/p-1/t33-,34-,35+,36-,41-,42+,43+,44-;/m0./s1. The molecule has 4 fully saturated rings. The highest BCUT2D eigenvalue weighted by Gasteiger charge is 2.69. The second-order valence-corrected chi connectivity index (χ2v) is 18.8. The predicted octanol–water partition coefficient (Wildman–Crippen LogP) is 6.44. The van der Waals surface area contributed by atoms with Gasteiger partial charge in [-0.3, -0.25) is 4.79 Å². The highest BCUT2D eigenvalue weighted by molar-refractivity contribution is 5.79. The van der Waals surface area contributed by atoms with Crippen molar-refractivity contribution in [3.8, 4) is 0 Å². The molecule has 0 bridgehead atoms. The number of esters is 2. The van der Waals surface area contributed by atoms with Crippen molar-refractivity contribution in [3.63, 3.8) is 0 Å². The first-order valence-electron chi connectivity index (χ1n) is 19.2. The number of fused-ring (bicyclic) bond motifs is 7. The molecule has 2 aromatic rings. The molecular formula is C44H60ClNO4. The fourth-order valence-corrected chi connectivity index (χ4v) is 12.5. The van der Waals surface area contributed by atoms with Gasteiger partial charge in [0.1, 0.15) is 12.7 Å². The number of hydrogen-bond acceptors (Lipinski definition) is 4. The number of benzene rings is 1. The van der Waals surface area contributed by atoms with Crippen molar-refractivity contribution in [1.82, 2.24) is 0 Å². The van der Waals surface area contributed by atoms with Crippen LogP contribution in [0.25, 0.3) is 0 Å². The normalized spacial score (nSPS) is 38.0. The number of halogens is 1. The SMILES string of the molecule is CC1(C)CC[C@]2(C(=O)OCc3ccccc3)CC[C@]3(C)C(=CC[C@@H]4[C@@]5(C)CC[C@H](OC(=O)C[n+]6ccccc6)C(C)(C)[C@@H]5CC[C@]43C)[C@@H]2C1.[Cl-]. The summed E-state index contributed by atoms with van der Waals surface area (Å²) >= 11 is 0. The summed E-state index contributed by atoms with van der Waals surface area (Å²) in [5.74, 6) is 1.16. The topological polar surface area (TPSA) is 56.5 Å². The lowest BCUT2D eigenvalue weighted by Crippen LogP contribution is -3.00. The van der Waals surface area contributed by atoms with Crippen LogP contribution in [0, 0.1) is 50.2 Å². The number of carbonyl (C=O) groups excluding carboxylic acids is 2. The molecule has 7 rings (SSSR count). The van der Waals surface area contributed by atoms with Gasteiger partial charge < -0.3 is 21.9 Å². The molecule has 272 valence electrons. The number of aromatic nitrogens is 1. The first-order valence-corrected chi connectivity index (χ1v) is 19.2. The van der Waals surface area contributed by atoms with Crippen molar-refractivity contribution in [2.45, 2.75) is 132 Å². The van der Waals surface area contributed by atoms with Gasteiger partial charge in [0.15, 0.2) is 12.4 Å². The van der Waals surface area contributed by atoms with Crippen LogP contribution in [0.15, 0.2) is 72.6 Å². The molecule has 5 nitrogen and oxygen atoms in total. The van der Waals surface area contributed by atoms with Crippen molar-refractivity contribution in [3.05, 3.63) is 78.1 Å². The Labute approximate surface area is 307 Å². The van der Waals surface area contributed by atoms with Crippen LogP contribution in [0.2, 0.25) is 0 Å². The average Bonchev–Trinajstić information content (AvgIpc) is 3.06. The van der Waals surface area contributed by atoms with E-state index >= 15 is 0 Å². The minimum Gasteiger partial charge on any atom is -1.00 e. The maximum absolute atomic E-state index is 14.3. The summed E-state index contributed by atoms with van der Waals surface area (Å²) in [6, 6.07) is 16.0. The lowest BCUT2D eigenvalue weighted by molar-refractivity contribution is -0.686. The lowest BCUT2D eigenvalue weighted by atomic mass is 9.33. The number of nitrogens with zero attached hydrogens (tertiary/aromatic N) is 1. The third-order valence-corrected chi connectivity index (χ3v) is 15.6. The summed E-state index contributed by atoms with van der Waals surface area (Å²) in [7, 11) is 0. The molecule has 1 aromatic heterocycles. The molecular weight excluding hydrogens is 642 g/mol. The van der Waals surface area contributed by atoms with Gasteiger partial charge in [-0.25, -0.2) is 4.79 Å². The Balaban J connectivity index is 0.00000432. The van der Waals surface area contributed by atoms with E-state index in [2.05, 4.69) is 66.7 Å². The fourth-order valence-electron chi connectivity index (χ4n) is 12.5. The molecule has 1 aromatic carbocycles. The number of pyridine rings is 1. The molecule has 1 heterocycles. The van der Waals surface area contributed by atoms with Crippen molar-refractivity contribution in [2.24, 2.45) is 50.2 Å². The molecule has 8 atom stereocenters. The summed E-state index contributed by atoms with van der Waals surface area (Å²) in [6.45, 7) is 17.9. The van der Waals surface area contributed by atoms with Gasteiger partial charge in [0.05, 0.1) is 5.41 Å². The predicted molar refractivity (Wildman–Crippen MR) is 192 cm³/mol. The molecule has 0 N–H and O–H groups in total. The van der Waals surface area contributed by atoms with Gasteiger partial charge in [-0.05, 0) is 109 Å². The number of ether oxygens (including phenoxy) is 2. The molecule has 0 radical (unpaired) electrons. The van der Waals surface area contributed by atoms with E-state index in [1.54, 1.807) is 5.57 Å². The quantitative estimate of drug-likeness (QED) is 0.198. The highest BCUT2D eigenvalue weighted by Crippen LogP contribution is 2.76. The van der Waals surface area contributed by atoms with Crippen LogP contribution in [-0.2, 0) is 32.2 Å². The summed E-state index contributed by atoms with van der Waals surface area (Å²) in [4.78, 5) is 27.5. The van der Waals surface area contributed by atoms with E-state index in [4.69, 9.17) is 9.47 Å². The summed E-state index contributed by atoms with van der Waals surface area (Å²) in [5.41, 5.74) is 2.65. The van der Waals surface area contributed by atoms with Gasteiger partial charge in [-0.2, -0.15) is 4.57 Å². The van der Waals surface area contributed by atoms with E-state index in [1.165, 1.54) is 6.42 Å². The number of carbonyl (C=O) groups is 2. The number of rotatable bonds is 6. The Bertz CT molecular complexity index is 1600. The molecule has 0 amide bonds. The smallest absolute Gasteiger partial charge is 0.372 e. The van der Waals surface area contributed by atoms with Crippen LogP contribution >= 0.6 is 0 Å². The third-order valence-electron chi connectivity index (χ3n) is 15.6. The van der Waals surface area contributed by atoms with Crippen LogP contribution in [0.4, 0.5) is 0 Å². The van der Waals surface area contributed by atoms with Crippen molar-refractivity contribution < 1.29 is 36.0 Å². The molecule has 50 heavy (non-hydrogen) atoms. The molecule has 6 heteroatoms. The van der Waals surface area contributed by atoms with E-state index in [1.807, 2.05) is 53.4 Å². The van der Waals surface area contributed by atoms with Crippen LogP contribution < -0.4 is 17.0 Å². The van der Waals surface area contributed by atoms with Crippen LogP contribution in [0.1, 0.15) is 118 Å². The summed E-state index contributed by atoms with van der Waals surface area (Å²) < 4.78 is 14.4. The Morgan fingerprint density at radius 2 is 1.48 bits per heavy atom. The van der Waals surface area contributed by atoms with Crippen molar-refractivity contribution in [2.75, 3.05) is 0 Å². The van der Waals surface area contributed by atoms with Gasteiger partial charge in [-0.15, -0.1) is 0 Å². The van der Waals surface area contributed by atoms with E-state index in [0.29, 0.717) is 18.4 Å². The van der Waals surface area contributed by atoms with Gasteiger partial charge in [-0.1, -0.05) is 96.5 Å². The second-order valence-electron chi connectivity index (χ2n) is 18.8. The molecule has 5 aliphatic rings. The van der Waals surface area contributed by atoms with Gasteiger partial charge >= 0.3 is 11.9 Å². The molecule has 0 spiro atoms. The van der Waals surface area contributed by atoms with Gasteiger partial charge in [0.25, 0.3) is 0 Å². The van der Waals surface area contributed by atoms with Crippen LogP contribution in [-0.4, -0.2) is 18.0 Å². The maximum Gasteiger partial charge on any atom is 0.372 e. The Hall–Kier alpha value is -2.66. The van der Waals surface area contributed by atoms with Crippen LogP contribution in [0.5, 0.6) is 0 Å². The lowest BCUT2D eigenvalue weighted by Gasteiger charge is -2.71. The maximum atomic E-state index is 14.3. The van der Waals surface area contributed by atoms with Gasteiger partial charge in [0, 0.05) is 17.5 Å². The molecule has 4 saturated carbocycles. The van der Waals surface area contributed by atoms with Gasteiger partial charge in [0.2, 0.25) is 6.54 Å². The third kappa shape index (κ3) is 5.86. The molecule has 5 aliphatic carbocycles. The zero-order valence-electron chi connectivity index (χ0n) is 31.6.